The smallest absolute Gasteiger partial charge is 0.222 e. The molecule has 2 aromatic carbocycles. The van der Waals surface area contributed by atoms with Crippen LogP contribution in [0.15, 0.2) is 49.1 Å². The first-order chi connectivity index (χ1) is 13.4. The second-order valence-electron chi connectivity index (χ2n) is 7.91. The number of nitrogens with zero attached hydrogens (tertiary/aromatic N) is 1. The summed E-state index contributed by atoms with van der Waals surface area (Å²) < 4.78 is 14.5. The highest BCUT2D eigenvalue weighted by molar-refractivity contribution is 7.99. The second kappa shape index (κ2) is 5.21. The number of benzene rings is 2. The van der Waals surface area contributed by atoms with Crippen molar-refractivity contribution in [3.8, 4) is 11.3 Å². The Bertz CT molecular complexity index is 1490. The molecule has 0 unspecified atom stereocenters. The van der Waals surface area contributed by atoms with E-state index < -0.39 is 0 Å². The first kappa shape index (κ1) is 16.3. The number of hydrogen-bond donors (Lipinski definition) is 0. The quantitative estimate of drug-likeness (QED) is 0.278. The molecule has 28 heavy (non-hydrogen) atoms. The number of aromatic nitrogens is 1. The molecule has 6 rings (SSSR count). The first-order valence-corrected chi connectivity index (χ1v) is 10.3. The van der Waals surface area contributed by atoms with Gasteiger partial charge in [-0.1, -0.05) is 17.8 Å². The van der Waals surface area contributed by atoms with Crippen LogP contribution in [0.3, 0.4) is 0 Å². The molecule has 3 nitrogen and oxygen atoms in total. The third-order valence-corrected chi connectivity index (χ3v) is 7.32. The van der Waals surface area contributed by atoms with Crippen LogP contribution in [0.1, 0.15) is 22.5 Å². The van der Waals surface area contributed by atoms with Crippen LogP contribution in [0.2, 0.25) is 0 Å². The van der Waals surface area contributed by atoms with Crippen LogP contribution in [0.4, 0.5) is 0 Å². The van der Waals surface area contributed by atoms with Gasteiger partial charge in [0.05, 0.1) is 16.3 Å². The van der Waals surface area contributed by atoms with Crippen molar-refractivity contribution >= 4 is 44.7 Å². The fourth-order valence-corrected chi connectivity index (χ4v) is 5.89. The van der Waals surface area contributed by atoms with Gasteiger partial charge in [0.2, 0.25) is 5.69 Å². The Hall–Kier alpha value is -2.72. The Morgan fingerprint density at radius 3 is 2.54 bits per heavy atom. The monoisotopic (exact) mass is 386 g/mol. The molecule has 138 valence electrons. The van der Waals surface area contributed by atoms with Gasteiger partial charge in [-0.3, -0.25) is 0 Å². The van der Waals surface area contributed by atoms with Crippen LogP contribution < -0.4 is 4.57 Å². The van der Waals surface area contributed by atoms with Crippen LogP contribution in [0, 0.1) is 27.7 Å². The average molecular weight is 386 g/mol. The van der Waals surface area contributed by atoms with E-state index >= 15 is 0 Å². The molecule has 3 aromatic heterocycles. The molecule has 0 fully saturated rings. The lowest BCUT2D eigenvalue weighted by Gasteiger charge is -2.22. The molecule has 4 heteroatoms. The number of fused-ring (bicyclic) bond motifs is 6. The van der Waals surface area contributed by atoms with E-state index in [1.807, 2.05) is 24.8 Å². The van der Waals surface area contributed by atoms with Gasteiger partial charge < -0.3 is 8.83 Å². The van der Waals surface area contributed by atoms with Gasteiger partial charge in [-0.05, 0) is 50.5 Å². The Balaban J connectivity index is 1.86. The van der Waals surface area contributed by atoms with E-state index in [2.05, 4.69) is 56.8 Å². The van der Waals surface area contributed by atoms with E-state index in [1.54, 1.807) is 0 Å². The van der Waals surface area contributed by atoms with Gasteiger partial charge >= 0.3 is 0 Å². The van der Waals surface area contributed by atoms with Gasteiger partial charge in [-0.2, -0.15) is 0 Å². The van der Waals surface area contributed by atoms with E-state index in [0.29, 0.717) is 0 Å². The fraction of sp³-hybridized carbons (Fsp3) is 0.208. The number of pyridine rings is 1. The van der Waals surface area contributed by atoms with Gasteiger partial charge in [-0.15, -0.1) is 0 Å². The second-order valence-corrected chi connectivity index (χ2v) is 8.96. The summed E-state index contributed by atoms with van der Waals surface area (Å²) in [5.74, 6) is 0.879. The molecule has 0 saturated heterocycles. The molecular formula is C24H20NO2S+. The van der Waals surface area contributed by atoms with Crippen molar-refractivity contribution in [1.82, 2.24) is 0 Å². The zero-order chi connectivity index (χ0) is 19.3. The van der Waals surface area contributed by atoms with Gasteiger partial charge in [-0.25, -0.2) is 4.57 Å². The Kier molecular flexibility index (Phi) is 3.02. The van der Waals surface area contributed by atoms with E-state index in [0.717, 1.165) is 33.3 Å². The third-order valence-electron chi connectivity index (χ3n) is 6.05. The normalized spacial score (nSPS) is 13.0. The average Bonchev–Trinajstić information content (AvgIpc) is 3.18. The summed E-state index contributed by atoms with van der Waals surface area (Å²) in [6, 6.07) is 8.70. The minimum atomic E-state index is 0.825. The first-order valence-electron chi connectivity index (χ1n) is 9.51. The highest BCUT2D eigenvalue weighted by Crippen LogP contribution is 2.52. The maximum Gasteiger partial charge on any atom is 0.222 e. The van der Waals surface area contributed by atoms with E-state index in [9.17, 15) is 0 Å². The molecule has 5 aromatic rings. The Morgan fingerprint density at radius 2 is 1.71 bits per heavy atom. The SMILES string of the molecule is Cc1cc2oc3c4cc[n+](C)c5c4c(cc3c2o1)Sc1c(C)cc(C)c(C)c1-5. The van der Waals surface area contributed by atoms with E-state index in [4.69, 9.17) is 8.83 Å². The fourth-order valence-electron chi connectivity index (χ4n) is 4.62. The maximum absolute atomic E-state index is 6.26. The molecule has 0 N–H and O–H groups in total. The summed E-state index contributed by atoms with van der Waals surface area (Å²) in [5.41, 5.74) is 9.24. The maximum atomic E-state index is 6.26. The lowest BCUT2D eigenvalue weighted by molar-refractivity contribution is -0.659. The van der Waals surface area contributed by atoms with E-state index in [-0.39, 0.29) is 0 Å². The minimum Gasteiger partial charge on any atom is -0.457 e. The molecular weight excluding hydrogens is 366 g/mol. The topological polar surface area (TPSA) is 30.2 Å². The highest BCUT2D eigenvalue weighted by Gasteiger charge is 2.32. The van der Waals surface area contributed by atoms with Gasteiger partial charge in [0, 0.05) is 27.3 Å². The molecule has 4 heterocycles. The standard InChI is InChI=1S/C24H20NO2S/c1-11-8-12(2)24-19(14(11)4)21-20-15(6-7-25(21)5)22-16(10-18(20)28-24)23-17(27-22)9-13(3)26-23/h6-10H,1-5H3/q+1. The summed E-state index contributed by atoms with van der Waals surface area (Å²) in [5, 5.41) is 3.49. The van der Waals surface area contributed by atoms with Crippen LogP contribution >= 0.6 is 11.8 Å². The minimum absolute atomic E-state index is 0.825. The van der Waals surface area contributed by atoms with Crippen molar-refractivity contribution in [2.45, 2.75) is 37.5 Å². The predicted octanol–water partition coefficient (Wildman–Crippen LogP) is 6.52. The predicted molar refractivity (Wildman–Crippen MR) is 113 cm³/mol. The highest BCUT2D eigenvalue weighted by atomic mass is 32.2. The molecule has 0 radical (unpaired) electrons. The van der Waals surface area contributed by atoms with Crippen molar-refractivity contribution in [3.05, 3.63) is 52.9 Å². The summed E-state index contributed by atoms with van der Waals surface area (Å²) in [6.07, 6.45) is 2.15. The molecule has 0 bridgehead atoms. The van der Waals surface area contributed by atoms with Crippen molar-refractivity contribution in [2.24, 2.45) is 7.05 Å². The summed E-state index contributed by atoms with van der Waals surface area (Å²) >= 11 is 1.87. The van der Waals surface area contributed by atoms with E-state index in [1.165, 1.54) is 43.1 Å². The van der Waals surface area contributed by atoms with Gasteiger partial charge in [0.15, 0.2) is 17.4 Å². The number of furan rings is 2. The summed E-state index contributed by atoms with van der Waals surface area (Å²) in [6.45, 7) is 8.62. The van der Waals surface area contributed by atoms with Crippen molar-refractivity contribution in [1.29, 1.82) is 0 Å². The summed E-state index contributed by atoms with van der Waals surface area (Å²) in [4.78, 5) is 2.62. The Morgan fingerprint density at radius 1 is 0.893 bits per heavy atom. The molecule has 0 amide bonds. The number of rotatable bonds is 0. The molecule has 0 atom stereocenters. The number of hydrogen-bond acceptors (Lipinski definition) is 3. The zero-order valence-electron chi connectivity index (χ0n) is 16.6. The molecule has 0 spiro atoms. The summed E-state index contributed by atoms with van der Waals surface area (Å²) in [7, 11) is 2.14. The van der Waals surface area contributed by atoms with Crippen LogP contribution in [0.25, 0.3) is 44.2 Å². The van der Waals surface area contributed by atoms with Crippen LogP contribution in [0.5, 0.6) is 0 Å². The van der Waals surface area contributed by atoms with Crippen LogP contribution in [-0.2, 0) is 7.05 Å². The zero-order valence-corrected chi connectivity index (χ0v) is 17.4. The largest absolute Gasteiger partial charge is 0.457 e. The lowest BCUT2D eigenvalue weighted by Crippen LogP contribution is -2.32. The Labute approximate surface area is 166 Å². The third kappa shape index (κ3) is 1.89. The molecule has 0 saturated carbocycles. The number of aryl methyl sites for hydroxylation is 4. The molecule has 1 aliphatic heterocycles. The molecule has 1 aliphatic rings. The van der Waals surface area contributed by atoms with Crippen molar-refractivity contribution in [2.75, 3.05) is 0 Å². The van der Waals surface area contributed by atoms with Crippen LogP contribution in [-0.4, -0.2) is 0 Å². The lowest BCUT2D eigenvalue weighted by atomic mass is 9.93. The molecule has 0 aliphatic carbocycles. The van der Waals surface area contributed by atoms with Gasteiger partial charge in [0.25, 0.3) is 0 Å². The van der Waals surface area contributed by atoms with Crippen molar-refractivity contribution < 1.29 is 13.4 Å². The van der Waals surface area contributed by atoms with Gasteiger partial charge in [0.1, 0.15) is 18.4 Å². The van der Waals surface area contributed by atoms with Crippen molar-refractivity contribution in [3.63, 3.8) is 0 Å².